The highest BCUT2D eigenvalue weighted by Gasteiger charge is 2.39. The summed E-state index contributed by atoms with van der Waals surface area (Å²) in [5.41, 5.74) is 0.958. The zero-order chi connectivity index (χ0) is 20.2. The summed E-state index contributed by atoms with van der Waals surface area (Å²) in [4.78, 5) is 25.0. The molecule has 1 N–H and O–H groups in total. The van der Waals surface area contributed by atoms with Gasteiger partial charge in [0, 0.05) is 6.54 Å². The van der Waals surface area contributed by atoms with Crippen molar-refractivity contribution in [2.24, 2.45) is 5.92 Å². The average molecular weight is 397 g/mol. The van der Waals surface area contributed by atoms with E-state index >= 15 is 0 Å². The molecule has 0 bridgehead atoms. The van der Waals surface area contributed by atoms with Crippen LogP contribution in [-0.4, -0.2) is 50.3 Å². The van der Waals surface area contributed by atoms with Crippen LogP contribution in [0, 0.1) is 12.8 Å². The molecule has 2 rings (SSSR count). The van der Waals surface area contributed by atoms with Crippen molar-refractivity contribution in [3.05, 3.63) is 29.8 Å². The molecule has 150 valence electrons. The van der Waals surface area contributed by atoms with E-state index in [0.29, 0.717) is 12.8 Å². The quantitative estimate of drug-likeness (QED) is 0.741. The van der Waals surface area contributed by atoms with Gasteiger partial charge in [-0.15, -0.1) is 0 Å². The van der Waals surface area contributed by atoms with E-state index in [9.17, 15) is 18.0 Å². The third-order valence-corrected chi connectivity index (χ3v) is 6.73. The second kappa shape index (κ2) is 8.84. The van der Waals surface area contributed by atoms with E-state index in [1.807, 2.05) is 6.92 Å². The fourth-order valence-corrected chi connectivity index (χ4v) is 4.83. The van der Waals surface area contributed by atoms with Crippen LogP contribution in [0.3, 0.4) is 0 Å². The molecule has 0 aliphatic carbocycles. The molecule has 1 aromatic rings. The molecule has 0 spiro atoms. The zero-order valence-corrected chi connectivity index (χ0v) is 17.1. The lowest BCUT2D eigenvalue weighted by Gasteiger charge is -2.34. The summed E-state index contributed by atoms with van der Waals surface area (Å²) < 4.78 is 32.2. The molecule has 0 saturated carbocycles. The number of esters is 1. The summed E-state index contributed by atoms with van der Waals surface area (Å²) in [6.07, 6.45) is 1.87. The van der Waals surface area contributed by atoms with Gasteiger partial charge in [-0.1, -0.05) is 38.0 Å². The molecule has 2 atom stereocenters. The van der Waals surface area contributed by atoms with Crippen LogP contribution in [0.25, 0.3) is 0 Å². The van der Waals surface area contributed by atoms with E-state index in [0.717, 1.165) is 12.0 Å². The summed E-state index contributed by atoms with van der Waals surface area (Å²) in [6, 6.07) is 4.93. The van der Waals surface area contributed by atoms with E-state index in [1.165, 1.54) is 11.4 Å². The Labute approximate surface area is 161 Å². The summed E-state index contributed by atoms with van der Waals surface area (Å²) in [7, 11) is -2.54. The number of hydrogen-bond donors (Lipinski definition) is 1. The number of benzene rings is 1. The van der Waals surface area contributed by atoms with Crippen molar-refractivity contribution >= 4 is 21.9 Å². The maximum absolute atomic E-state index is 13.1. The molecule has 1 amide bonds. The minimum atomic E-state index is -3.80. The summed E-state index contributed by atoms with van der Waals surface area (Å²) >= 11 is 0. The highest BCUT2D eigenvalue weighted by Crippen LogP contribution is 2.26. The van der Waals surface area contributed by atoms with Gasteiger partial charge >= 0.3 is 5.97 Å². The normalized spacial score (nSPS) is 19.5. The molecule has 1 heterocycles. The second-order valence-electron chi connectivity index (χ2n) is 7.19. The van der Waals surface area contributed by atoms with Crippen LogP contribution in [0.2, 0.25) is 0 Å². The predicted octanol–water partition coefficient (Wildman–Crippen LogP) is 1.85. The zero-order valence-electron chi connectivity index (χ0n) is 16.3. The molecule has 1 aliphatic rings. The first-order valence-corrected chi connectivity index (χ1v) is 10.6. The van der Waals surface area contributed by atoms with E-state index in [4.69, 9.17) is 4.74 Å². The Bertz CT molecular complexity index is 774. The van der Waals surface area contributed by atoms with Crippen molar-refractivity contribution in [3.63, 3.8) is 0 Å². The van der Waals surface area contributed by atoms with Gasteiger partial charge in [-0.25, -0.2) is 13.2 Å². The van der Waals surface area contributed by atoms with Gasteiger partial charge in [-0.3, -0.25) is 4.79 Å². The lowest BCUT2D eigenvalue weighted by Crippen LogP contribution is -2.56. The summed E-state index contributed by atoms with van der Waals surface area (Å²) in [5, 5.41) is 2.68. The number of carbonyl (C=O) groups excluding carboxylic acids is 2. The smallest absolute Gasteiger partial charge is 0.328 e. The second-order valence-corrected chi connectivity index (χ2v) is 9.08. The lowest BCUT2D eigenvalue weighted by molar-refractivity contribution is -0.147. The van der Waals surface area contributed by atoms with Crippen molar-refractivity contribution in [1.29, 1.82) is 0 Å². The molecule has 27 heavy (non-hydrogen) atoms. The van der Waals surface area contributed by atoms with E-state index in [-0.39, 0.29) is 17.4 Å². The first kappa shape index (κ1) is 21.4. The van der Waals surface area contributed by atoms with Crippen molar-refractivity contribution in [3.8, 4) is 0 Å². The van der Waals surface area contributed by atoms with E-state index in [1.54, 1.807) is 38.1 Å². The van der Waals surface area contributed by atoms with Gasteiger partial charge in [0.1, 0.15) is 12.1 Å². The fourth-order valence-electron chi connectivity index (χ4n) is 3.17. The molecule has 1 aromatic carbocycles. The molecule has 0 radical (unpaired) electrons. The van der Waals surface area contributed by atoms with Gasteiger partial charge in [0.05, 0.1) is 12.0 Å². The third-order valence-electron chi connectivity index (χ3n) is 4.80. The minimum absolute atomic E-state index is 0.168. The molecule has 0 aromatic heterocycles. The Balaban J connectivity index is 2.27. The largest absolute Gasteiger partial charge is 0.467 e. The molecule has 7 nitrogen and oxygen atoms in total. The SMILES string of the molecule is COC(=O)[C@H](NC(=O)[C@@H]1CCCCN1S(=O)(=O)c1ccc(C)cc1)C(C)C. The number of sulfonamides is 1. The monoisotopic (exact) mass is 396 g/mol. The van der Waals surface area contributed by atoms with Crippen LogP contribution >= 0.6 is 0 Å². The van der Waals surface area contributed by atoms with Crippen LogP contribution in [0.5, 0.6) is 0 Å². The van der Waals surface area contributed by atoms with Gasteiger partial charge < -0.3 is 10.1 Å². The van der Waals surface area contributed by atoms with E-state index < -0.39 is 34.0 Å². The van der Waals surface area contributed by atoms with Gasteiger partial charge in [0.2, 0.25) is 15.9 Å². The highest BCUT2D eigenvalue weighted by atomic mass is 32.2. The van der Waals surface area contributed by atoms with Crippen LogP contribution in [0.1, 0.15) is 38.7 Å². The number of nitrogens with zero attached hydrogens (tertiary/aromatic N) is 1. The fraction of sp³-hybridized carbons (Fsp3) is 0.579. The third kappa shape index (κ3) is 4.87. The summed E-state index contributed by atoms with van der Waals surface area (Å²) in [5.74, 6) is -1.18. The van der Waals surface area contributed by atoms with Gasteiger partial charge in [0.25, 0.3) is 0 Å². The highest BCUT2D eigenvalue weighted by molar-refractivity contribution is 7.89. The maximum Gasteiger partial charge on any atom is 0.328 e. The Morgan fingerprint density at radius 2 is 1.81 bits per heavy atom. The van der Waals surface area contributed by atoms with Gasteiger partial charge in [-0.05, 0) is 37.8 Å². The van der Waals surface area contributed by atoms with Crippen molar-refractivity contribution < 1.29 is 22.7 Å². The van der Waals surface area contributed by atoms with Crippen molar-refractivity contribution in [2.75, 3.05) is 13.7 Å². The Hall–Kier alpha value is -1.93. The average Bonchev–Trinajstić information content (AvgIpc) is 2.65. The molecule has 1 aliphatic heterocycles. The van der Waals surface area contributed by atoms with Crippen molar-refractivity contribution in [1.82, 2.24) is 9.62 Å². The number of aryl methyl sites for hydroxylation is 1. The molecule has 0 unspecified atom stereocenters. The molecule has 1 fully saturated rings. The standard InChI is InChI=1S/C19H28N2O5S/c1-13(2)17(19(23)26-4)20-18(22)16-7-5-6-12-21(16)27(24,25)15-10-8-14(3)9-11-15/h8-11,13,16-17H,5-7,12H2,1-4H3,(H,20,22)/t16-,17+/m0/s1. The van der Waals surface area contributed by atoms with Crippen molar-refractivity contribution in [2.45, 2.75) is 57.0 Å². The Morgan fingerprint density at radius 3 is 2.37 bits per heavy atom. The first-order chi connectivity index (χ1) is 12.7. The molecule has 1 saturated heterocycles. The first-order valence-electron chi connectivity index (χ1n) is 9.15. The van der Waals surface area contributed by atoms with Crippen LogP contribution in [0.4, 0.5) is 0 Å². The van der Waals surface area contributed by atoms with Gasteiger partial charge in [0.15, 0.2) is 0 Å². The molecular formula is C19H28N2O5S. The topological polar surface area (TPSA) is 92.8 Å². The number of nitrogens with one attached hydrogen (secondary N) is 1. The Kier molecular flexibility index (Phi) is 7.00. The number of carbonyl (C=O) groups is 2. The van der Waals surface area contributed by atoms with E-state index in [2.05, 4.69) is 5.32 Å². The number of piperidine rings is 1. The minimum Gasteiger partial charge on any atom is -0.467 e. The Morgan fingerprint density at radius 1 is 1.19 bits per heavy atom. The number of amides is 1. The number of ether oxygens (including phenoxy) is 1. The van der Waals surface area contributed by atoms with Gasteiger partial charge in [-0.2, -0.15) is 4.31 Å². The van der Waals surface area contributed by atoms with Crippen LogP contribution < -0.4 is 5.32 Å². The molecule has 8 heteroatoms. The number of hydrogen-bond acceptors (Lipinski definition) is 5. The molecular weight excluding hydrogens is 368 g/mol. The summed E-state index contributed by atoms with van der Waals surface area (Å²) in [6.45, 7) is 5.75. The lowest BCUT2D eigenvalue weighted by atomic mass is 10.0. The van der Waals surface area contributed by atoms with Crippen LogP contribution in [-0.2, 0) is 24.3 Å². The number of rotatable bonds is 6. The van der Waals surface area contributed by atoms with Crippen LogP contribution in [0.15, 0.2) is 29.2 Å². The predicted molar refractivity (Wildman–Crippen MR) is 101 cm³/mol. The number of methoxy groups -OCH3 is 1. The maximum atomic E-state index is 13.1.